The van der Waals surface area contributed by atoms with Gasteiger partial charge in [-0.3, -0.25) is 19.3 Å². The Bertz CT molecular complexity index is 1330. The molecule has 2 heterocycles. The van der Waals surface area contributed by atoms with E-state index in [1.54, 1.807) is 41.3 Å². The van der Waals surface area contributed by atoms with Gasteiger partial charge in [0, 0.05) is 50.3 Å². The van der Waals surface area contributed by atoms with Crippen LogP contribution >= 0.6 is 12.2 Å². The van der Waals surface area contributed by atoms with Gasteiger partial charge in [-0.05, 0) is 48.9 Å². The number of benzene rings is 2. The molecule has 0 aromatic heterocycles. The average molecular weight is 599 g/mol. The molecule has 0 bridgehead atoms. The summed E-state index contributed by atoms with van der Waals surface area (Å²) >= 11 is 5.15. The maximum Gasteiger partial charge on any atom is 0.414 e. The second-order valence-corrected chi connectivity index (χ2v) is 10.5. The van der Waals surface area contributed by atoms with Crippen LogP contribution in [0, 0.1) is 5.82 Å². The number of rotatable bonds is 11. The molecule has 13 heteroatoms. The van der Waals surface area contributed by atoms with Gasteiger partial charge in [0.1, 0.15) is 11.9 Å². The Balaban J connectivity index is 1.24. The first kappa shape index (κ1) is 30.8. The molecule has 2 saturated heterocycles. The Morgan fingerprint density at radius 2 is 1.79 bits per heavy atom. The third-order valence-corrected chi connectivity index (χ3v) is 7.61. The van der Waals surface area contributed by atoms with Crippen molar-refractivity contribution < 1.29 is 28.3 Å². The van der Waals surface area contributed by atoms with Gasteiger partial charge in [-0.25, -0.2) is 9.18 Å². The second kappa shape index (κ2) is 14.2. The van der Waals surface area contributed by atoms with E-state index in [1.807, 2.05) is 11.8 Å². The highest BCUT2D eigenvalue weighted by molar-refractivity contribution is 7.80. The minimum absolute atomic E-state index is 0.0603. The minimum Gasteiger partial charge on any atom is -0.442 e. The first-order valence-corrected chi connectivity index (χ1v) is 14.3. The largest absolute Gasteiger partial charge is 0.442 e. The molecule has 2 aromatic carbocycles. The summed E-state index contributed by atoms with van der Waals surface area (Å²) in [4.78, 5) is 54.7. The van der Waals surface area contributed by atoms with Gasteiger partial charge in [-0.2, -0.15) is 0 Å². The molecule has 2 aromatic rings. The summed E-state index contributed by atoms with van der Waals surface area (Å²) in [6.07, 6.45) is -0.0914. The molecule has 0 spiro atoms. The number of piperazine rings is 1. The average Bonchev–Trinajstić information content (AvgIpc) is 3.38. The first-order valence-electron chi connectivity index (χ1n) is 13.9. The van der Waals surface area contributed by atoms with Gasteiger partial charge < -0.3 is 30.9 Å². The van der Waals surface area contributed by atoms with Crippen molar-refractivity contribution in [1.29, 1.82) is 0 Å². The lowest BCUT2D eigenvalue weighted by Gasteiger charge is -2.36. The SMILES string of the molecule is CCC(=S)NC[C@@H]1CN(c2ccc(N3CCN(C(=O)CCC(=O)c4ccc(NC(=O)CN)cc4)CC3)c(F)c2)C(=O)O1. The van der Waals surface area contributed by atoms with Crippen molar-refractivity contribution in [3.8, 4) is 0 Å². The van der Waals surface area contributed by atoms with Gasteiger partial charge in [0.05, 0.1) is 36.0 Å². The van der Waals surface area contributed by atoms with Crippen molar-refractivity contribution in [2.45, 2.75) is 32.3 Å². The number of nitrogens with one attached hydrogen (secondary N) is 2. The molecule has 3 amide bonds. The summed E-state index contributed by atoms with van der Waals surface area (Å²) < 4.78 is 20.5. The molecule has 0 radical (unpaired) electrons. The summed E-state index contributed by atoms with van der Waals surface area (Å²) in [5.41, 5.74) is 7.08. The topological polar surface area (TPSA) is 137 Å². The molecule has 42 heavy (non-hydrogen) atoms. The number of carbonyl (C=O) groups is 4. The van der Waals surface area contributed by atoms with Crippen LogP contribution in [0.5, 0.6) is 0 Å². The van der Waals surface area contributed by atoms with E-state index < -0.39 is 11.9 Å². The Morgan fingerprint density at radius 3 is 2.43 bits per heavy atom. The summed E-state index contributed by atoms with van der Waals surface area (Å²) in [6.45, 7) is 4.15. The van der Waals surface area contributed by atoms with Crippen LogP contribution in [0.3, 0.4) is 0 Å². The molecular weight excluding hydrogens is 563 g/mol. The van der Waals surface area contributed by atoms with Gasteiger partial charge >= 0.3 is 6.09 Å². The standard InChI is InChI=1S/C29H35FN6O5S/c1-2-27(42)32-17-22-18-36(29(40)41-22)21-7-8-24(23(30)15-21)34-11-13-35(14-12-34)28(39)10-9-25(37)19-3-5-20(6-4-19)33-26(38)16-31/h3-8,15,22H,2,9-14,16-18,31H2,1H3,(H,32,42)(H,33,38)/t22-/m1/s1. The number of hydrogen-bond acceptors (Lipinski definition) is 8. The van der Waals surface area contributed by atoms with Crippen LogP contribution in [0.1, 0.15) is 36.5 Å². The van der Waals surface area contributed by atoms with E-state index >= 15 is 4.39 Å². The van der Waals surface area contributed by atoms with Crippen molar-refractivity contribution in [1.82, 2.24) is 10.2 Å². The van der Waals surface area contributed by atoms with E-state index in [0.29, 0.717) is 73.3 Å². The third kappa shape index (κ3) is 7.79. The Hall–Kier alpha value is -4.10. The van der Waals surface area contributed by atoms with Crippen molar-refractivity contribution in [2.24, 2.45) is 5.73 Å². The number of ether oxygens (including phenoxy) is 1. The van der Waals surface area contributed by atoms with Crippen molar-refractivity contribution in [3.63, 3.8) is 0 Å². The number of nitrogens with zero attached hydrogens (tertiary/aromatic N) is 3. The minimum atomic E-state index is -0.532. The number of amides is 3. The van der Waals surface area contributed by atoms with Gasteiger partial charge in [0.2, 0.25) is 11.8 Å². The molecule has 0 unspecified atom stereocenters. The highest BCUT2D eigenvalue weighted by atomic mass is 32.1. The number of thiocarbonyl (C=S) groups is 1. The lowest BCUT2D eigenvalue weighted by atomic mass is 10.1. The number of anilines is 3. The third-order valence-electron chi connectivity index (χ3n) is 7.18. The number of halogens is 1. The van der Waals surface area contributed by atoms with E-state index in [-0.39, 0.29) is 43.1 Å². The number of hydrogen-bond donors (Lipinski definition) is 3. The second-order valence-electron chi connectivity index (χ2n) is 10.0. The first-order chi connectivity index (χ1) is 20.2. The number of nitrogens with two attached hydrogens (primary N) is 1. The van der Waals surface area contributed by atoms with Gasteiger partial charge in [0.25, 0.3) is 0 Å². The predicted molar refractivity (Wildman–Crippen MR) is 161 cm³/mol. The fourth-order valence-corrected chi connectivity index (χ4v) is 4.87. The van der Waals surface area contributed by atoms with Crippen molar-refractivity contribution in [2.75, 3.05) is 60.9 Å². The van der Waals surface area contributed by atoms with E-state index in [4.69, 9.17) is 22.7 Å². The predicted octanol–water partition coefficient (Wildman–Crippen LogP) is 2.69. The van der Waals surface area contributed by atoms with Crippen molar-refractivity contribution >= 4 is 58.0 Å². The summed E-state index contributed by atoms with van der Waals surface area (Å²) in [5.74, 6) is -1.10. The smallest absolute Gasteiger partial charge is 0.414 e. The number of Topliss-reactive ketones (excluding diaryl/α,β-unsaturated/α-hetero) is 1. The molecule has 11 nitrogen and oxygen atoms in total. The maximum atomic E-state index is 15.1. The zero-order valence-corrected chi connectivity index (χ0v) is 24.3. The lowest BCUT2D eigenvalue weighted by molar-refractivity contribution is -0.131. The molecule has 2 aliphatic rings. The monoisotopic (exact) mass is 598 g/mol. The number of ketones is 1. The van der Waals surface area contributed by atoms with Crippen LogP contribution in [-0.4, -0.2) is 85.5 Å². The van der Waals surface area contributed by atoms with Crippen LogP contribution in [0.4, 0.5) is 26.2 Å². The molecule has 4 N–H and O–H groups in total. The van der Waals surface area contributed by atoms with Gasteiger partial charge in [0.15, 0.2) is 5.78 Å². The fraction of sp³-hybridized carbons (Fsp3) is 0.414. The van der Waals surface area contributed by atoms with Gasteiger partial charge in [-0.15, -0.1) is 0 Å². The van der Waals surface area contributed by atoms with E-state index in [1.165, 1.54) is 11.0 Å². The highest BCUT2D eigenvalue weighted by Gasteiger charge is 2.33. The van der Waals surface area contributed by atoms with E-state index in [0.717, 1.165) is 0 Å². The van der Waals surface area contributed by atoms with Crippen LogP contribution in [0.15, 0.2) is 42.5 Å². The Labute approximate surface area is 249 Å². The number of cyclic esters (lactones) is 1. The van der Waals surface area contributed by atoms with E-state index in [2.05, 4.69) is 10.6 Å². The molecule has 2 fully saturated rings. The molecule has 224 valence electrons. The van der Waals surface area contributed by atoms with E-state index in [9.17, 15) is 19.2 Å². The summed E-state index contributed by atoms with van der Waals surface area (Å²) in [5, 5.41) is 5.67. The number of carbonyl (C=O) groups excluding carboxylic acids is 4. The van der Waals surface area contributed by atoms with Crippen LogP contribution in [-0.2, 0) is 14.3 Å². The highest BCUT2D eigenvalue weighted by Crippen LogP contribution is 2.28. The molecule has 2 aliphatic heterocycles. The lowest BCUT2D eigenvalue weighted by Crippen LogP contribution is -2.49. The molecule has 0 aliphatic carbocycles. The zero-order chi connectivity index (χ0) is 30.2. The summed E-state index contributed by atoms with van der Waals surface area (Å²) in [6, 6.07) is 11.1. The molecule has 4 rings (SSSR count). The van der Waals surface area contributed by atoms with Crippen molar-refractivity contribution in [3.05, 3.63) is 53.8 Å². The molecular formula is C29H35FN6O5S. The van der Waals surface area contributed by atoms with Crippen LogP contribution in [0.2, 0.25) is 0 Å². The maximum absolute atomic E-state index is 15.1. The quantitative estimate of drug-likeness (QED) is 0.263. The Kier molecular flexibility index (Phi) is 10.4. The molecule has 1 atom stereocenters. The summed E-state index contributed by atoms with van der Waals surface area (Å²) in [7, 11) is 0. The normalized spacial score (nSPS) is 16.7. The van der Waals surface area contributed by atoms with Crippen LogP contribution < -0.4 is 26.2 Å². The Morgan fingerprint density at radius 1 is 1.07 bits per heavy atom. The van der Waals surface area contributed by atoms with Gasteiger partial charge in [-0.1, -0.05) is 19.1 Å². The fourth-order valence-electron chi connectivity index (χ4n) is 4.78. The zero-order valence-electron chi connectivity index (χ0n) is 23.4. The van der Waals surface area contributed by atoms with Crippen LogP contribution in [0.25, 0.3) is 0 Å². The molecule has 0 saturated carbocycles.